The second-order valence-electron chi connectivity index (χ2n) is 7.60. The van der Waals surface area contributed by atoms with E-state index in [9.17, 15) is 14.4 Å². The van der Waals surface area contributed by atoms with Gasteiger partial charge in [0.1, 0.15) is 18.0 Å². The van der Waals surface area contributed by atoms with Crippen molar-refractivity contribution in [2.45, 2.75) is 32.0 Å². The van der Waals surface area contributed by atoms with E-state index in [0.29, 0.717) is 41.0 Å². The molecule has 0 saturated heterocycles. The van der Waals surface area contributed by atoms with E-state index in [2.05, 4.69) is 21.1 Å². The van der Waals surface area contributed by atoms with Crippen molar-refractivity contribution in [3.63, 3.8) is 0 Å². The summed E-state index contributed by atoms with van der Waals surface area (Å²) in [6, 6.07) is 5.75. The first kappa shape index (κ1) is 19.0. The van der Waals surface area contributed by atoms with Gasteiger partial charge in [0, 0.05) is 24.7 Å². The minimum Gasteiger partial charge on any atom is -0.467 e. The number of aryl methyl sites for hydroxylation is 1. The maximum Gasteiger partial charge on any atom is 0.258 e. The lowest BCUT2D eigenvalue weighted by Crippen LogP contribution is -2.32. The van der Waals surface area contributed by atoms with Crippen LogP contribution in [0.2, 0.25) is 0 Å². The van der Waals surface area contributed by atoms with E-state index in [-0.39, 0.29) is 29.3 Å². The fourth-order valence-corrected chi connectivity index (χ4v) is 4.29. The number of carbonyl (C=O) groups is 1. The molecule has 5 rings (SSSR count). The average molecular weight is 419 g/mol. The number of aromatic nitrogens is 4. The molecule has 31 heavy (non-hydrogen) atoms. The predicted octanol–water partition coefficient (Wildman–Crippen LogP) is 2.60. The molecule has 0 spiro atoms. The molecule has 2 bridgehead atoms. The highest BCUT2D eigenvalue weighted by molar-refractivity contribution is 5.96. The lowest BCUT2D eigenvalue weighted by Gasteiger charge is -2.28. The number of nitrogens with two attached hydrogens (primary N) is 1. The molecule has 1 amide bonds. The van der Waals surface area contributed by atoms with Gasteiger partial charge in [-0.15, -0.1) is 0 Å². The van der Waals surface area contributed by atoms with Gasteiger partial charge in [-0.25, -0.2) is 14.4 Å². The van der Waals surface area contributed by atoms with Crippen molar-refractivity contribution in [3.8, 4) is 23.2 Å². The fourth-order valence-electron chi connectivity index (χ4n) is 4.29. The molecule has 2 aliphatic rings. The van der Waals surface area contributed by atoms with Gasteiger partial charge in [0.15, 0.2) is 11.5 Å². The molecule has 0 fully saturated rings. The Morgan fingerprint density at radius 2 is 2.19 bits per heavy atom. The average Bonchev–Trinajstić information content (AvgIpc) is 3.32. The van der Waals surface area contributed by atoms with Crippen LogP contribution in [-0.4, -0.2) is 37.6 Å². The van der Waals surface area contributed by atoms with Crippen LogP contribution in [0.4, 0.5) is 10.2 Å². The number of anilines is 1. The molecule has 2 atom stereocenters. The topological polar surface area (TPSA) is 123 Å². The van der Waals surface area contributed by atoms with E-state index in [1.54, 1.807) is 23.6 Å². The molecule has 10 heteroatoms. The first-order valence-electron chi connectivity index (χ1n) is 9.76. The Hall–Kier alpha value is -4.00. The van der Waals surface area contributed by atoms with Gasteiger partial charge in [-0.05, 0) is 31.5 Å². The zero-order valence-electron chi connectivity index (χ0n) is 16.8. The number of nitriles is 1. The smallest absolute Gasteiger partial charge is 0.258 e. The summed E-state index contributed by atoms with van der Waals surface area (Å²) < 4.78 is 21.7. The minimum atomic E-state index is -0.726. The fraction of sp³-hybridized carbons (Fsp3) is 0.286. The van der Waals surface area contributed by atoms with Crippen molar-refractivity contribution in [1.29, 1.82) is 5.26 Å². The number of rotatable bonds is 0. The standard InChI is InChI=1S/C21H18FN7O2/c1-10-13-7-11(22)3-4-12(13)21(30)28(2)16-5-6-29-18(16)17(14(8-23)27-29)15-9-25-19(24)20(26-15)31-10/h3-4,7,9-10,16H,5-6H2,1-2H3,(H2,24,25). The number of hydrogen-bond acceptors (Lipinski definition) is 7. The quantitative estimate of drug-likeness (QED) is 0.594. The maximum atomic E-state index is 14.1. The van der Waals surface area contributed by atoms with Crippen LogP contribution in [0, 0.1) is 17.1 Å². The highest BCUT2D eigenvalue weighted by Crippen LogP contribution is 2.41. The number of fused-ring (bicyclic) bond motifs is 4. The van der Waals surface area contributed by atoms with Gasteiger partial charge >= 0.3 is 0 Å². The van der Waals surface area contributed by atoms with Crippen LogP contribution in [0.15, 0.2) is 24.4 Å². The van der Waals surface area contributed by atoms with E-state index in [0.717, 1.165) is 0 Å². The Balaban J connectivity index is 1.80. The molecule has 2 aliphatic heterocycles. The summed E-state index contributed by atoms with van der Waals surface area (Å²) in [5.41, 5.74) is 8.46. The molecule has 0 saturated carbocycles. The third-order valence-electron chi connectivity index (χ3n) is 5.81. The molecular weight excluding hydrogens is 401 g/mol. The molecule has 156 valence electrons. The lowest BCUT2D eigenvalue weighted by molar-refractivity contribution is 0.0725. The van der Waals surface area contributed by atoms with Crippen LogP contribution in [0.3, 0.4) is 0 Å². The SMILES string of the molecule is CC1Oc2nc(cnc2N)-c2c(C#N)nn3c2C(CC3)N(C)C(=O)c2ccc(F)cc21. The molecule has 3 aromatic rings. The maximum absolute atomic E-state index is 14.1. The molecule has 9 nitrogen and oxygen atoms in total. The van der Waals surface area contributed by atoms with Gasteiger partial charge < -0.3 is 15.4 Å². The van der Waals surface area contributed by atoms with Gasteiger partial charge in [-0.1, -0.05) is 0 Å². The summed E-state index contributed by atoms with van der Waals surface area (Å²) in [6.07, 6.45) is 1.36. The molecule has 0 radical (unpaired) electrons. The molecule has 4 heterocycles. The molecule has 2 unspecified atom stereocenters. The van der Waals surface area contributed by atoms with Gasteiger partial charge in [0.25, 0.3) is 11.8 Å². The Kier molecular flexibility index (Phi) is 4.15. The number of nitrogens with zero attached hydrogens (tertiary/aromatic N) is 6. The molecule has 0 aliphatic carbocycles. The van der Waals surface area contributed by atoms with Crippen LogP contribution in [-0.2, 0) is 6.54 Å². The van der Waals surface area contributed by atoms with Crippen LogP contribution < -0.4 is 10.5 Å². The van der Waals surface area contributed by atoms with Gasteiger partial charge in [0.05, 0.1) is 29.2 Å². The van der Waals surface area contributed by atoms with Crippen molar-refractivity contribution < 1.29 is 13.9 Å². The van der Waals surface area contributed by atoms with E-state index in [1.807, 2.05) is 0 Å². The molecular formula is C21H18FN7O2. The first-order chi connectivity index (χ1) is 14.9. The molecule has 2 N–H and O–H groups in total. The normalized spacial score (nSPS) is 19.5. The van der Waals surface area contributed by atoms with Gasteiger partial charge in [-0.3, -0.25) is 9.48 Å². The van der Waals surface area contributed by atoms with E-state index >= 15 is 0 Å². The van der Waals surface area contributed by atoms with E-state index in [1.165, 1.54) is 24.4 Å². The van der Waals surface area contributed by atoms with Crippen LogP contribution >= 0.6 is 0 Å². The minimum absolute atomic E-state index is 0.0416. The third kappa shape index (κ3) is 2.81. The zero-order valence-corrected chi connectivity index (χ0v) is 16.8. The van der Waals surface area contributed by atoms with Gasteiger partial charge in [0.2, 0.25) is 0 Å². The monoisotopic (exact) mass is 419 g/mol. The summed E-state index contributed by atoms with van der Waals surface area (Å²) >= 11 is 0. The number of carbonyl (C=O) groups excluding carboxylic acids is 1. The number of hydrogen-bond donors (Lipinski definition) is 1. The van der Waals surface area contributed by atoms with Crippen molar-refractivity contribution in [2.75, 3.05) is 12.8 Å². The summed E-state index contributed by atoms with van der Waals surface area (Å²) in [4.78, 5) is 23.8. The van der Waals surface area contributed by atoms with Gasteiger partial charge in [-0.2, -0.15) is 10.4 Å². The number of amides is 1. The highest BCUT2D eigenvalue weighted by atomic mass is 19.1. The summed E-state index contributed by atoms with van der Waals surface area (Å²) in [5, 5.41) is 14.1. The molecule has 2 aromatic heterocycles. The number of benzene rings is 1. The van der Waals surface area contributed by atoms with Crippen LogP contribution in [0.25, 0.3) is 11.3 Å². The second-order valence-corrected chi connectivity index (χ2v) is 7.60. The van der Waals surface area contributed by atoms with Crippen molar-refractivity contribution >= 4 is 11.7 Å². The van der Waals surface area contributed by atoms with E-state index in [4.69, 9.17) is 10.5 Å². The third-order valence-corrected chi connectivity index (χ3v) is 5.81. The Morgan fingerprint density at radius 3 is 2.97 bits per heavy atom. The van der Waals surface area contributed by atoms with E-state index < -0.39 is 11.9 Å². The predicted molar refractivity (Wildman–Crippen MR) is 107 cm³/mol. The van der Waals surface area contributed by atoms with Crippen molar-refractivity contribution in [2.24, 2.45) is 0 Å². The van der Waals surface area contributed by atoms with Crippen LogP contribution in [0.5, 0.6) is 5.88 Å². The lowest BCUT2D eigenvalue weighted by atomic mass is 9.99. The van der Waals surface area contributed by atoms with Crippen molar-refractivity contribution in [3.05, 3.63) is 52.7 Å². The Labute approximate surface area is 176 Å². The van der Waals surface area contributed by atoms with Crippen molar-refractivity contribution in [1.82, 2.24) is 24.6 Å². The highest BCUT2D eigenvalue weighted by Gasteiger charge is 2.37. The summed E-state index contributed by atoms with van der Waals surface area (Å²) in [6.45, 7) is 2.23. The number of nitrogen functional groups attached to an aromatic ring is 1. The largest absolute Gasteiger partial charge is 0.467 e. The molecule has 1 aromatic carbocycles. The second kappa shape index (κ2) is 6.77. The summed E-state index contributed by atoms with van der Waals surface area (Å²) in [7, 11) is 1.69. The number of ether oxygens (including phenoxy) is 1. The zero-order chi connectivity index (χ0) is 21.9. The Bertz CT molecular complexity index is 1280. The van der Waals surface area contributed by atoms with Crippen LogP contribution in [0.1, 0.15) is 52.8 Å². The summed E-state index contributed by atoms with van der Waals surface area (Å²) in [5.74, 6) is -0.671. The first-order valence-corrected chi connectivity index (χ1v) is 9.76. The Morgan fingerprint density at radius 1 is 1.39 bits per heavy atom. The number of halogens is 1.